The van der Waals surface area contributed by atoms with Gasteiger partial charge in [0.15, 0.2) is 5.65 Å². The molecule has 4 N–H and O–H groups in total. The third kappa shape index (κ3) is 3.03. The molecule has 0 aliphatic carbocycles. The number of pyridine rings is 1. The van der Waals surface area contributed by atoms with Crippen molar-refractivity contribution in [3.05, 3.63) is 64.5 Å². The van der Waals surface area contributed by atoms with Crippen LogP contribution in [0.3, 0.4) is 0 Å². The Kier molecular flexibility index (Phi) is 4.11. The highest BCUT2D eigenvalue weighted by atomic mass is 32.1. The van der Waals surface area contributed by atoms with Crippen molar-refractivity contribution in [2.75, 3.05) is 11.1 Å². The summed E-state index contributed by atoms with van der Waals surface area (Å²) < 4.78 is 1.61. The Balaban J connectivity index is 1.59. The number of nitrogens with two attached hydrogens (primary N) is 1. The molecule has 0 bridgehead atoms. The lowest BCUT2D eigenvalue weighted by Crippen LogP contribution is -2.11. The first-order chi connectivity index (χ1) is 12.6. The van der Waals surface area contributed by atoms with Gasteiger partial charge in [-0.15, -0.1) is 16.4 Å². The molecule has 130 valence electrons. The number of hydrogen-bond acceptors (Lipinski definition) is 6. The number of thiophene rings is 1. The van der Waals surface area contributed by atoms with E-state index in [0.717, 1.165) is 11.1 Å². The maximum atomic E-state index is 12.5. The summed E-state index contributed by atoms with van der Waals surface area (Å²) in [6, 6.07) is 12.7. The molecule has 0 fully saturated rings. The molecule has 1 aromatic carbocycles. The van der Waals surface area contributed by atoms with E-state index in [9.17, 15) is 9.90 Å². The van der Waals surface area contributed by atoms with E-state index in [-0.39, 0.29) is 18.5 Å². The molecular formula is C18H15N5O2S. The van der Waals surface area contributed by atoms with Crippen molar-refractivity contribution in [1.82, 2.24) is 14.6 Å². The highest BCUT2D eigenvalue weighted by Crippen LogP contribution is 2.27. The molecule has 0 aliphatic heterocycles. The second-order valence-corrected chi connectivity index (χ2v) is 6.57. The zero-order valence-electron chi connectivity index (χ0n) is 13.6. The Hall–Kier alpha value is -3.23. The highest BCUT2D eigenvalue weighted by Gasteiger charge is 2.13. The number of nitrogen functional groups attached to an aromatic ring is 1. The Morgan fingerprint density at radius 2 is 2.08 bits per heavy atom. The number of nitrogens with one attached hydrogen (secondary N) is 1. The number of aliphatic hydroxyl groups excluding tert-OH is 1. The summed E-state index contributed by atoms with van der Waals surface area (Å²) in [5.41, 5.74) is 9.37. The fourth-order valence-corrected chi connectivity index (χ4v) is 3.45. The van der Waals surface area contributed by atoms with Crippen molar-refractivity contribution >= 4 is 34.5 Å². The first kappa shape index (κ1) is 16.2. The largest absolute Gasteiger partial charge is 0.392 e. The van der Waals surface area contributed by atoms with Crippen molar-refractivity contribution in [1.29, 1.82) is 0 Å². The van der Waals surface area contributed by atoms with Gasteiger partial charge >= 0.3 is 0 Å². The van der Waals surface area contributed by atoms with Crippen molar-refractivity contribution < 1.29 is 9.90 Å². The SMILES string of the molecule is Nc1nc2ccc(-c3csc(C(=O)Nc4ccccc4CO)c3)cn2n1. The number of amides is 1. The Morgan fingerprint density at radius 3 is 2.92 bits per heavy atom. The summed E-state index contributed by atoms with van der Waals surface area (Å²) in [4.78, 5) is 17.2. The zero-order valence-corrected chi connectivity index (χ0v) is 14.4. The molecule has 3 aromatic heterocycles. The lowest BCUT2D eigenvalue weighted by atomic mass is 10.1. The van der Waals surface area contributed by atoms with Gasteiger partial charge in [-0.3, -0.25) is 4.79 Å². The van der Waals surface area contributed by atoms with Gasteiger partial charge in [-0.2, -0.15) is 4.98 Å². The number of rotatable bonds is 4. The summed E-state index contributed by atoms with van der Waals surface area (Å²) in [7, 11) is 0. The van der Waals surface area contributed by atoms with Crippen molar-refractivity contribution in [3.63, 3.8) is 0 Å². The molecule has 7 nitrogen and oxygen atoms in total. The molecule has 0 atom stereocenters. The fourth-order valence-electron chi connectivity index (χ4n) is 2.64. The Bertz CT molecular complexity index is 1100. The average Bonchev–Trinajstić information content (AvgIpc) is 3.27. The van der Waals surface area contributed by atoms with Gasteiger partial charge in [0.25, 0.3) is 5.91 Å². The van der Waals surface area contributed by atoms with E-state index < -0.39 is 0 Å². The van der Waals surface area contributed by atoms with Crippen LogP contribution in [0.1, 0.15) is 15.2 Å². The zero-order chi connectivity index (χ0) is 18.1. The molecule has 4 rings (SSSR count). The minimum Gasteiger partial charge on any atom is -0.392 e. The Labute approximate surface area is 152 Å². The molecule has 3 heterocycles. The average molecular weight is 365 g/mol. The number of para-hydroxylation sites is 1. The van der Waals surface area contributed by atoms with Crippen LogP contribution in [0.25, 0.3) is 16.8 Å². The van der Waals surface area contributed by atoms with Crippen LogP contribution in [0.2, 0.25) is 0 Å². The first-order valence-corrected chi connectivity index (χ1v) is 8.73. The van der Waals surface area contributed by atoms with Gasteiger partial charge in [0.05, 0.1) is 11.5 Å². The monoisotopic (exact) mass is 365 g/mol. The molecule has 26 heavy (non-hydrogen) atoms. The van der Waals surface area contributed by atoms with Gasteiger partial charge in [-0.25, -0.2) is 4.52 Å². The van der Waals surface area contributed by atoms with Gasteiger partial charge in [-0.05, 0) is 35.2 Å². The van der Waals surface area contributed by atoms with Crippen LogP contribution < -0.4 is 11.1 Å². The summed E-state index contributed by atoms with van der Waals surface area (Å²) in [6.07, 6.45) is 1.82. The van der Waals surface area contributed by atoms with Crippen molar-refractivity contribution in [2.24, 2.45) is 0 Å². The minimum absolute atomic E-state index is 0.132. The lowest BCUT2D eigenvalue weighted by Gasteiger charge is -2.07. The second kappa shape index (κ2) is 6.58. The van der Waals surface area contributed by atoms with Gasteiger partial charge < -0.3 is 16.2 Å². The first-order valence-electron chi connectivity index (χ1n) is 7.85. The van der Waals surface area contributed by atoms with Crippen molar-refractivity contribution in [2.45, 2.75) is 6.61 Å². The smallest absolute Gasteiger partial charge is 0.265 e. The molecule has 4 aromatic rings. The second-order valence-electron chi connectivity index (χ2n) is 5.66. The maximum absolute atomic E-state index is 12.5. The molecule has 1 amide bonds. The van der Waals surface area contributed by atoms with E-state index in [1.807, 2.05) is 41.9 Å². The number of aliphatic hydroxyl groups is 1. The number of carbonyl (C=O) groups excluding carboxylic acids is 1. The third-order valence-corrected chi connectivity index (χ3v) is 4.87. The van der Waals surface area contributed by atoms with E-state index in [4.69, 9.17) is 5.73 Å². The van der Waals surface area contributed by atoms with Crippen LogP contribution in [0, 0.1) is 0 Å². The number of carbonyl (C=O) groups is 1. The van der Waals surface area contributed by atoms with Gasteiger partial charge in [0, 0.05) is 23.0 Å². The quantitative estimate of drug-likeness (QED) is 0.516. The molecule has 0 saturated carbocycles. The van der Waals surface area contributed by atoms with E-state index in [0.29, 0.717) is 21.8 Å². The number of fused-ring (bicyclic) bond motifs is 1. The number of hydrogen-bond donors (Lipinski definition) is 3. The van der Waals surface area contributed by atoms with Crippen LogP contribution in [0.5, 0.6) is 0 Å². The van der Waals surface area contributed by atoms with Gasteiger partial charge in [0.1, 0.15) is 0 Å². The topological polar surface area (TPSA) is 106 Å². The molecule has 0 spiro atoms. The normalized spacial score (nSPS) is 11.0. The van der Waals surface area contributed by atoms with E-state index in [2.05, 4.69) is 15.4 Å². The van der Waals surface area contributed by atoms with Crippen LogP contribution >= 0.6 is 11.3 Å². The molecule has 0 saturated heterocycles. The van der Waals surface area contributed by atoms with Crippen LogP contribution in [-0.2, 0) is 6.61 Å². The summed E-state index contributed by atoms with van der Waals surface area (Å²) in [6.45, 7) is -0.132. The van der Waals surface area contributed by atoms with E-state index >= 15 is 0 Å². The Morgan fingerprint density at radius 1 is 1.23 bits per heavy atom. The highest BCUT2D eigenvalue weighted by molar-refractivity contribution is 7.12. The number of benzene rings is 1. The number of nitrogens with zero attached hydrogens (tertiary/aromatic N) is 3. The standard InChI is InChI=1S/C18H15N5O2S/c19-18-21-16-6-5-11(8-23(16)22-18)13-7-15(26-10-13)17(25)20-14-4-2-1-3-12(14)9-24/h1-8,10,24H,9H2,(H2,19,22)(H,20,25). The van der Waals surface area contributed by atoms with Gasteiger partial charge in [-0.1, -0.05) is 18.2 Å². The number of anilines is 2. The van der Waals surface area contributed by atoms with Crippen LogP contribution in [0.4, 0.5) is 11.6 Å². The molecule has 0 unspecified atom stereocenters. The fraction of sp³-hybridized carbons (Fsp3) is 0.0556. The third-order valence-electron chi connectivity index (χ3n) is 3.94. The van der Waals surface area contributed by atoms with Crippen molar-refractivity contribution in [3.8, 4) is 11.1 Å². The predicted molar refractivity (Wildman–Crippen MR) is 101 cm³/mol. The van der Waals surface area contributed by atoms with E-state index in [1.54, 1.807) is 16.6 Å². The minimum atomic E-state index is -0.215. The summed E-state index contributed by atoms with van der Waals surface area (Å²) in [5.74, 6) is 0.00307. The molecular weight excluding hydrogens is 350 g/mol. The molecule has 0 radical (unpaired) electrons. The molecule has 0 aliphatic rings. The summed E-state index contributed by atoms with van der Waals surface area (Å²) >= 11 is 1.35. The summed E-state index contributed by atoms with van der Waals surface area (Å²) in [5, 5.41) is 18.2. The maximum Gasteiger partial charge on any atom is 0.265 e. The predicted octanol–water partition coefficient (Wildman–Crippen LogP) is 2.78. The van der Waals surface area contributed by atoms with Crippen LogP contribution in [-0.4, -0.2) is 25.6 Å². The lowest BCUT2D eigenvalue weighted by molar-refractivity contribution is 0.103. The van der Waals surface area contributed by atoms with Gasteiger partial charge in [0.2, 0.25) is 5.95 Å². The van der Waals surface area contributed by atoms with Crippen LogP contribution in [0.15, 0.2) is 54.0 Å². The molecule has 8 heteroatoms. The van der Waals surface area contributed by atoms with E-state index in [1.165, 1.54) is 11.3 Å². The number of aromatic nitrogens is 3.